The molecule has 2 rings (SSSR count). The topological polar surface area (TPSA) is 27.1 Å². The molecule has 1 fully saturated rings. The molecular formula is C13H17FN2. The molecule has 0 aliphatic carbocycles. The zero-order chi connectivity index (χ0) is 11.4. The lowest BCUT2D eigenvalue weighted by Crippen LogP contribution is -2.36. The van der Waals surface area contributed by atoms with Gasteiger partial charge in [0.15, 0.2) is 0 Å². The lowest BCUT2D eigenvalue weighted by molar-refractivity contribution is 0.336. The van der Waals surface area contributed by atoms with Crippen molar-refractivity contribution < 1.29 is 4.39 Å². The highest BCUT2D eigenvalue weighted by atomic mass is 19.1. The number of likely N-dealkylation sites (tertiary alicyclic amines) is 1. The minimum Gasteiger partial charge on any atom is -0.360 e. The molecule has 0 amide bonds. The summed E-state index contributed by atoms with van der Waals surface area (Å²) in [5.41, 5.74) is 0.885. The van der Waals surface area contributed by atoms with Crippen molar-refractivity contribution in [3.63, 3.8) is 0 Å². The van der Waals surface area contributed by atoms with Gasteiger partial charge in [-0.2, -0.15) is 0 Å². The Morgan fingerprint density at radius 1 is 1.25 bits per heavy atom. The highest BCUT2D eigenvalue weighted by Gasteiger charge is 2.13. The van der Waals surface area contributed by atoms with Crippen LogP contribution in [0.3, 0.4) is 0 Å². The maximum atomic E-state index is 13.0. The van der Waals surface area contributed by atoms with Crippen molar-refractivity contribution in [1.82, 2.24) is 4.90 Å². The van der Waals surface area contributed by atoms with Crippen LogP contribution in [-0.4, -0.2) is 23.8 Å². The van der Waals surface area contributed by atoms with Crippen LogP contribution in [0.1, 0.15) is 24.8 Å². The second-order valence-electron chi connectivity index (χ2n) is 4.30. The van der Waals surface area contributed by atoms with Crippen LogP contribution >= 0.6 is 0 Å². The summed E-state index contributed by atoms with van der Waals surface area (Å²) in [5.74, 6) is 0.397. The largest absolute Gasteiger partial charge is 0.360 e. The number of halogens is 1. The fourth-order valence-corrected chi connectivity index (χ4v) is 2.12. The van der Waals surface area contributed by atoms with Crippen molar-refractivity contribution in [2.24, 2.45) is 0 Å². The van der Waals surface area contributed by atoms with Crippen molar-refractivity contribution in [2.75, 3.05) is 13.1 Å². The van der Waals surface area contributed by atoms with Gasteiger partial charge in [0.2, 0.25) is 0 Å². The molecular weight excluding hydrogens is 203 g/mol. The summed E-state index contributed by atoms with van der Waals surface area (Å²) in [5, 5.41) is 7.99. The molecule has 1 aromatic rings. The van der Waals surface area contributed by atoms with E-state index in [1.807, 2.05) is 6.07 Å². The van der Waals surface area contributed by atoms with E-state index in [0.29, 0.717) is 12.3 Å². The van der Waals surface area contributed by atoms with Gasteiger partial charge in [-0.05, 0) is 37.0 Å². The highest BCUT2D eigenvalue weighted by Crippen LogP contribution is 2.12. The third-order valence-corrected chi connectivity index (χ3v) is 3.00. The van der Waals surface area contributed by atoms with Crippen LogP contribution in [0.25, 0.3) is 0 Å². The van der Waals surface area contributed by atoms with Gasteiger partial charge in [0.1, 0.15) is 11.7 Å². The lowest BCUT2D eigenvalue weighted by atomic mass is 10.1. The summed E-state index contributed by atoms with van der Waals surface area (Å²) in [6.07, 6.45) is 4.15. The second kappa shape index (κ2) is 5.10. The molecule has 1 aromatic carbocycles. The molecule has 1 heterocycles. The molecule has 0 atom stereocenters. The van der Waals surface area contributed by atoms with Crippen molar-refractivity contribution in [2.45, 2.75) is 25.7 Å². The average Bonchev–Trinajstić information content (AvgIpc) is 2.30. The van der Waals surface area contributed by atoms with Crippen LogP contribution < -0.4 is 0 Å². The van der Waals surface area contributed by atoms with E-state index in [-0.39, 0.29) is 5.82 Å². The predicted octanol–water partition coefficient (Wildman–Crippen LogP) is 2.83. The quantitative estimate of drug-likeness (QED) is 0.602. The number of nitrogens with one attached hydrogen (secondary N) is 1. The van der Waals surface area contributed by atoms with Crippen LogP contribution in [0.5, 0.6) is 0 Å². The Balaban J connectivity index is 1.96. The highest BCUT2D eigenvalue weighted by molar-refractivity contribution is 5.81. The molecule has 0 bridgehead atoms. The zero-order valence-electron chi connectivity index (χ0n) is 9.38. The van der Waals surface area contributed by atoms with Gasteiger partial charge in [-0.1, -0.05) is 12.1 Å². The fraction of sp³-hybridized carbons (Fsp3) is 0.462. The summed E-state index contributed by atoms with van der Waals surface area (Å²) < 4.78 is 13.0. The molecule has 0 aromatic heterocycles. The summed E-state index contributed by atoms with van der Waals surface area (Å²) >= 11 is 0. The van der Waals surface area contributed by atoms with E-state index < -0.39 is 0 Å². The van der Waals surface area contributed by atoms with E-state index in [4.69, 9.17) is 5.41 Å². The van der Waals surface area contributed by atoms with Gasteiger partial charge in [0.05, 0.1) is 0 Å². The smallest absolute Gasteiger partial charge is 0.123 e. The van der Waals surface area contributed by atoms with Crippen LogP contribution in [0.4, 0.5) is 4.39 Å². The molecule has 0 radical (unpaired) electrons. The minimum absolute atomic E-state index is 0.219. The molecule has 1 N–H and O–H groups in total. The first-order valence-corrected chi connectivity index (χ1v) is 5.82. The van der Waals surface area contributed by atoms with Crippen LogP contribution in [-0.2, 0) is 6.42 Å². The zero-order valence-corrected chi connectivity index (χ0v) is 9.38. The first-order chi connectivity index (χ1) is 7.75. The first-order valence-electron chi connectivity index (χ1n) is 5.82. The Morgan fingerprint density at radius 3 is 2.69 bits per heavy atom. The Bertz CT molecular complexity index is 370. The number of nitrogens with zero attached hydrogens (tertiary/aromatic N) is 1. The Hall–Kier alpha value is -1.38. The van der Waals surface area contributed by atoms with Crippen LogP contribution in [0.2, 0.25) is 0 Å². The molecule has 0 saturated carbocycles. The van der Waals surface area contributed by atoms with E-state index in [2.05, 4.69) is 4.90 Å². The van der Waals surface area contributed by atoms with Gasteiger partial charge in [0.25, 0.3) is 0 Å². The van der Waals surface area contributed by atoms with E-state index >= 15 is 0 Å². The number of rotatable bonds is 2. The predicted molar refractivity (Wildman–Crippen MR) is 63.3 cm³/mol. The number of hydrogen-bond acceptors (Lipinski definition) is 1. The van der Waals surface area contributed by atoms with Gasteiger partial charge in [-0.25, -0.2) is 4.39 Å². The van der Waals surface area contributed by atoms with Crippen molar-refractivity contribution in [3.05, 3.63) is 35.6 Å². The van der Waals surface area contributed by atoms with Crippen LogP contribution in [0.15, 0.2) is 24.3 Å². The van der Waals surface area contributed by atoms with Crippen LogP contribution in [0, 0.1) is 11.2 Å². The van der Waals surface area contributed by atoms with Gasteiger partial charge >= 0.3 is 0 Å². The maximum absolute atomic E-state index is 13.0. The minimum atomic E-state index is -0.219. The molecule has 16 heavy (non-hydrogen) atoms. The molecule has 1 saturated heterocycles. The van der Waals surface area contributed by atoms with E-state index in [0.717, 1.165) is 18.7 Å². The SMILES string of the molecule is N=C(Cc1cccc(F)c1)N1CCCCC1. The fourth-order valence-electron chi connectivity index (χ4n) is 2.12. The van der Waals surface area contributed by atoms with Gasteiger partial charge in [-0.15, -0.1) is 0 Å². The number of piperidine rings is 1. The van der Waals surface area contributed by atoms with E-state index in [1.54, 1.807) is 6.07 Å². The van der Waals surface area contributed by atoms with Crippen molar-refractivity contribution in [3.8, 4) is 0 Å². The molecule has 1 aliphatic rings. The Labute approximate surface area is 95.6 Å². The number of hydrogen-bond donors (Lipinski definition) is 1. The molecule has 1 aliphatic heterocycles. The first kappa shape index (κ1) is 11.1. The van der Waals surface area contributed by atoms with Crippen molar-refractivity contribution in [1.29, 1.82) is 5.41 Å². The van der Waals surface area contributed by atoms with E-state index in [9.17, 15) is 4.39 Å². The Kier molecular flexibility index (Phi) is 3.54. The van der Waals surface area contributed by atoms with Gasteiger partial charge in [-0.3, -0.25) is 5.41 Å². The molecule has 86 valence electrons. The summed E-state index contributed by atoms with van der Waals surface area (Å²) in [6, 6.07) is 6.53. The average molecular weight is 220 g/mol. The standard InChI is InChI=1S/C13H17FN2/c14-12-6-4-5-11(9-12)10-13(15)16-7-2-1-3-8-16/h4-6,9,15H,1-3,7-8,10H2. The summed E-state index contributed by atoms with van der Waals surface area (Å²) in [7, 11) is 0. The summed E-state index contributed by atoms with van der Waals surface area (Å²) in [4.78, 5) is 2.11. The molecule has 0 spiro atoms. The van der Waals surface area contributed by atoms with Gasteiger partial charge in [0, 0.05) is 19.5 Å². The second-order valence-corrected chi connectivity index (χ2v) is 4.30. The van der Waals surface area contributed by atoms with Crippen molar-refractivity contribution >= 4 is 5.84 Å². The Morgan fingerprint density at radius 2 is 2.00 bits per heavy atom. The monoisotopic (exact) mass is 220 g/mol. The third kappa shape index (κ3) is 2.81. The summed E-state index contributed by atoms with van der Waals surface area (Å²) in [6.45, 7) is 1.96. The molecule has 0 unspecified atom stereocenters. The number of benzene rings is 1. The number of amidine groups is 1. The molecule has 2 nitrogen and oxygen atoms in total. The lowest BCUT2D eigenvalue weighted by Gasteiger charge is -2.29. The maximum Gasteiger partial charge on any atom is 0.123 e. The third-order valence-electron chi connectivity index (χ3n) is 3.00. The normalized spacial score (nSPS) is 16.2. The van der Waals surface area contributed by atoms with Gasteiger partial charge < -0.3 is 4.90 Å². The molecule has 3 heteroatoms. The van der Waals surface area contributed by atoms with E-state index in [1.165, 1.54) is 31.4 Å².